The molecule has 2 heterocycles. The fraction of sp³-hybridized carbons (Fsp3) is 0.316. The summed E-state index contributed by atoms with van der Waals surface area (Å²) in [5.74, 6) is 0.178. The van der Waals surface area contributed by atoms with Gasteiger partial charge < -0.3 is 4.42 Å². The van der Waals surface area contributed by atoms with Gasteiger partial charge in [-0.2, -0.15) is 4.31 Å². The number of sulfonamides is 1. The van der Waals surface area contributed by atoms with E-state index in [1.807, 2.05) is 25.1 Å². The Morgan fingerprint density at radius 3 is 2.48 bits per heavy atom. The minimum Gasteiger partial charge on any atom is -0.439 e. The van der Waals surface area contributed by atoms with Crippen molar-refractivity contribution >= 4 is 21.1 Å². The van der Waals surface area contributed by atoms with E-state index >= 15 is 0 Å². The van der Waals surface area contributed by atoms with E-state index in [1.165, 1.54) is 16.4 Å². The van der Waals surface area contributed by atoms with E-state index in [2.05, 4.69) is 9.88 Å². The lowest BCUT2D eigenvalue weighted by atomic mass is 10.2. The monoisotopic (exact) mass is 389 g/mol. The van der Waals surface area contributed by atoms with Crippen LogP contribution in [0, 0.1) is 12.7 Å². The smallest absolute Gasteiger partial charge is 0.243 e. The molecule has 3 aromatic rings. The van der Waals surface area contributed by atoms with Gasteiger partial charge in [0.2, 0.25) is 15.9 Å². The van der Waals surface area contributed by atoms with Crippen LogP contribution in [0.3, 0.4) is 0 Å². The van der Waals surface area contributed by atoms with Gasteiger partial charge in [-0.1, -0.05) is 6.07 Å². The fourth-order valence-electron chi connectivity index (χ4n) is 3.23. The van der Waals surface area contributed by atoms with Gasteiger partial charge in [-0.05, 0) is 48.9 Å². The SMILES string of the molecule is Cc1ccc2oc(CN3CCN(S(=O)(=O)c4ccc(F)cc4)CC3)nc2c1. The van der Waals surface area contributed by atoms with Gasteiger partial charge in [-0.3, -0.25) is 4.90 Å². The molecule has 0 aliphatic carbocycles. The summed E-state index contributed by atoms with van der Waals surface area (Å²) < 4.78 is 45.6. The number of hydrogen-bond donors (Lipinski definition) is 0. The molecule has 0 bridgehead atoms. The molecule has 4 rings (SSSR count). The topological polar surface area (TPSA) is 66.7 Å². The van der Waals surface area contributed by atoms with Crippen LogP contribution in [0.15, 0.2) is 51.8 Å². The van der Waals surface area contributed by atoms with Crippen LogP contribution in [0.5, 0.6) is 0 Å². The number of oxazole rings is 1. The largest absolute Gasteiger partial charge is 0.439 e. The Morgan fingerprint density at radius 2 is 1.78 bits per heavy atom. The predicted octanol–water partition coefficient (Wildman–Crippen LogP) is 2.78. The number of nitrogens with zero attached hydrogens (tertiary/aromatic N) is 3. The van der Waals surface area contributed by atoms with Crippen molar-refractivity contribution in [3.05, 3.63) is 59.7 Å². The lowest BCUT2D eigenvalue weighted by Crippen LogP contribution is -2.48. The van der Waals surface area contributed by atoms with Gasteiger partial charge in [-0.25, -0.2) is 17.8 Å². The summed E-state index contributed by atoms with van der Waals surface area (Å²) in [7, 11) is -3.60. The molecule has 1 aliphatic rings. The molecular formula is C19H20FN3O3S. The molecule has 142 valence electrons. The van der Waals surface area contributed by atoms with Gasteiger partial charge in [0, 0.05) is 26.2 Å². The summed E-state index contributed by atoms with van der Waals surface area (Å²) in [5, 5.41) is 0. The van der Waals surface area contributed by atoms with Crippen molar-refractivity contribution in [3.63, 3.8) is 0 Å². The molecule has 27 heavy (non-hydrogen) atoms. The molecular weight excluding hydrogens is 369 g/mol. The van der Waals surface area contributed by atoms with E-state index in [4.69, 9.17) is 4.42 Å². The summed E-state index contributed by atoms with van der Waals surface area (Å²) in [4.78, 5) is 6.75. The molecule has 0 radical (unpaired) electrons. The fourth-order valence-corrected chi connectivity index (χ4v) is 4.65. The molecule has 1 aromatic heterocycles. The van der Waals surface area contributed by atoms with Crippen molar-refractivity contribution < 1.29 is 17.2 Å². The molecule has 0 spiro atoms. The van der Waals surface area contributed by atoms with Crippen molar-refractivity contribution in [1.29, 1.82) is 0 Å². The van der Waals surface area contributed by atoms with Crippen LogP contribution in [0.4, 0.5) is 4.39 Å². The van der Waals surface area contributed by atoms with Gasteiger partial charge >= 0.3 is 0 Å². The van der Waals surface area contributed by atoms with Crippen LogP contribution in [0.1, 0.15) is 11.5 Å². The highest BCUT2D eigenvalue weighted by atomic mass is 32.2. The number of piperazine rings is 1. The molecule has 1 fully saturated rings. The van der Waals surface area contributed by atoms with Crippen LogP contribution in [0.25, 0.3) is 11.1 Å². The van der Waals surface area contributed by atoms with Gasteiger partial charge in [0.1, 0.15) is 11.3 Å². The molecule has 2 aromatic carbocycles. The van der Waals surface area contributed by atoms with Crippen LogP contribution in [0.2, 0.25) is 0 Å². The molecule has 0 N–H and O–H groups in total. The van der Waals surface area contributed by atoms with Crippen molar-refractivity contribution in [1.82, 2.24) is 14.2 Å². The lowest BCUT2D eigenvalue weighted by Gasteiger charge is -2.33. The van der Waals surface area contributed by atoms with Gasteiger partial charge in [-0.15, -0.1) is 0 Å². The molecule has 0 amide bonds. The van der Waals surface area contributed by atoms with Gasteiger partial charge in [0.15, 0.2) is 5.58 Å². The molecule has 0 saturated carbocycles. The number of hydrogen-bond acceptors (Lipinski definition) is 5. The summed E-state index contributed by atoms with van der Waals surface area (Å²) in [6.45, 7) is 4.46. The predicted molar refractivity (Wildman–Crippen MR) is 99.2 cm³/mol. The van der Waals surface area contributed by atoms with Crippen LogP contribution >= 0.6 is 0 Å². The van der Waals surface area contributed by atoms with Crippen molar-refractivity contribution in [2.45, 2.75) is 18.4 Å². The summed E-state index contributed by atoms with van der Waals surface area (Å²) in [6, 6.07) is 10.8. The molecule has 0 atom stereocenters. The Labute approximate surface area is 157 Å². The Hall–Kier alpha value is -2.29. The third kappa shape index (κ3) is 3.73. The zero-order valence-corrected chi connectivity index (χ0v) is 15.7. The van der Waals surface area contributed by atoms with Crippen LogP contribution in [-0.4, -0.2) is 48.8 Å². The Kier molecular flexibility index (Phi) is 4.71. The first-order valence-corrected chi connectivity index (χ1v) is 10.2. The van der Waals surface area contributed by atoms with E-state index in [0.717, 1.165) is 28.8 Å². The minimum atomic E-state index is -3.60. The second kappa shape index (κ2) is 7.03. The van der Waals surface area contributed by atoms with Crippen molar-refractivity contribution in [2.75, 3.05) is 26.2 Å². The molecule has 0 unspecified atom stereocenters. The maximum absolute atomic E-state index is 13.0. The van der Waals surface area contributed by atoms with Crippen molar-refractivity contribution in [2.24, 2.45) is 0 Å². The summed E-state index contributed by atoms with van der Waals surface area (Å²) >= 11 is 0. The maximum Gasteiger partial charge on any atom is 0.243 e. The Bertz CT molecular complexity index is 1060. The number of fused-ring (bicyclic) bond motifs is 1. The lowest BCUT2D eigenvalue weighted by molar-refractivity contribution is 0.169. The highest BCUT2D eigenvalue weighted by Crippen LogP contribution is 2.21. The Morgan fingerprint density at radius 1 is 1.07 bits per heavy atom. The number of rotatable bonds is 4. The van der Waals surface area contributed by atoms with E-state index in [-0.39, 0.29) is 4.90 Å². The second-order valence-corrected chi connectivity index (χ2v) is 8.65. The summed E-state index contributed by atoms with van der Waals surface area (Å²) in [5.41, 5.74) is 2.72. The first-order valence-electron chi connectivity index (χ1n) is 8.76. The van der Waals surface area contributed by atoms with Crippen LogP contribution in [-0.2, 0) is 16.6 Å². The van der Waals surface area contributed by atoms with Gasteiger partial charge in [0.25, 0.3) is 0 Å². The van der Waals surface area contributed by atoms with E-state index in [9.17, 15) is 12.8 Å². The first-order chi connectivity index (χ1) is 12.9. The number of aromatic nitrogens is 1. The third-order valence-electron chi connectivity index (χ3n) is 4.73. The zero-order chi connectivity index (χ0) is 19.0. The number of aryl methyl sites for hydroxylation is 1. The third-order valence-corrected chi connectivity index (χ3v) is 6.64. The normalized spacial score (nSPS) is 16.8. The average Bonchev–Trinajstić information content (AvgIpc) is 3.04. The highest BCUT2D eigenvalue weighted by Gasteiger charge is 2.29. The van der Waals surface area contributed by atoms with E-state index < -0.39 is 15.8 Å². The molecule has 1 saturated heterocycles. The molecule has 8 heteroatoms. The van der Waals surface area contributed by atoms with Gasteiger partial charge in [0.05, 0.1) is 11.4 Å². The molecule has 1 aliphatic heterocycles. The van der Waals surface area contributed by atoms with Crippen LogP contribution < -0.4 is 0 Å². The van der Waals surface area contributed by atoms with Crippen molar-refractivity contribution in [3.8, 4) is 0 Å². The summed E-state index contributed by atoms with van der Waals surface area (Å²) in [6.07, 6.45) is 0. The average molecular weight is 389 g/mol. The standard InChI is InChI=1S/C19H20FN3O3S/c1-14-2-7-18-17(12-14)21-19(26-18)13-22-8-10-23(11-9-22)27(24,25)16-5-3-15(20)4-6-16/h2-7,12H,8-11,13H2,1H3. The maximum atomic E-state index is 13.0. The molecule has 6 nitrogen and oxygen atoms in total. The second-order valence-electron chi connectivity index (χ2n) is 6.71. The highest BCUT2D eigenvalue weighted by molar-refractivity contribution is 7.89. The number of halogens is 1. The zero-order valence-electron chi connectivity index (χ0n) is 14.9. The number of benzene rings is 2. The Balaban J connectivity index is 1.41. The minimum absolute atomic E-state index is 0.117. The quantitative estimate of drug-likeness (QED) is 0.686. The first kappa shape index (κ1) is 18.1. The van der Waals surface area contributed by atoms with E-state index in [1.54, 1.807) is 0 Å². The van der Waals surface area contributed by atoms with E-state index in [0.29, 0.717) is 38.6 Å².